The molecule has 5 atom stereocenters. The zero-order valence-electron chi connectivity index (χ0n) is 12.5. The second-order valence-corrected chi connectivity index (χ2v) is 4.66. The molecule has 2 rings (SSSR count). The van der Waals surface area contributed by atoms with Crippen LogP contribution in [0.2, 0.25) is 0 Å². The minimum atomic E-state index is -1.25. The van der Waals surface area contributed by atoms with E-state index in [4.69, 9.17) is 14.6 Å². The van der Waals surface area contributed by atoms with Gasteiger partial charge in [-0.25, -0.2) is 0 Å². The van der Waals surface area contributed by atoms with Gasteiger partial charge in [0.2, 0.25) is 0 Å². The van der Waals surface area contributed by atoms with E-state index in [1.165, 1.54) is 12.1 Å². The second-order valence-electron chi connectivity index (χ2n) is 4.66. The molecule has 1 fully saturated rings. The highest BCUT2D eigenvalue weighted by molar-refractivity contribution is 5.30. The predicted molar refractivity (Wildman–Crippen MR) is 77.3 cm³/mol. The molecule has 0 amide bonds. The lowest BCUT2D eigenvalue weighted by Crippen LogP contribution is -2.58. The Labute approximate surface area is 124 Å². The first-order valence-electron chi connectivity index (χ1n) is 7.10. The third kappa shape index (κ3) is 4.57. The van der Waals surface area contributed by atoms with E-state index >= 15 is 0 Å². The van der Waals surface area contributed by atoms with E-state index < -0.39 is 30.5 Å². The van der Waals surface area contributed by atoms with Crippen LogP contribution in [0.5, 0.6) is 11.5 Å². The molecule has 1 aromatic rings. The van der Waals surface area contributed by atoms with Crippen LogP contribution in [0.1, 0.15) is 20.8 Å². The van der Waals surface area contributed by atoms with E-state index in [0.717, 1.165) is 0 Å². The van der Waals surface area contributed by atoms with Gasteiger partial charge >= 0.3 is 0 Å². The van der Waals surface area contributed by atoms with Crippen molar-refractivity contribution in [2.45, 2.75) is 51.3 Å². The van der Waals surface area contributed by atoms with Crippen LogP contribution in [0.4, 0.5) is 0 Å². The summed E-state index contributed by atoms with van der Waals surface area (Å²) < 4.78 is 10.8. The van der Waals surface area contributed by atoms with Crippen molar-refractivity contribution in [3.63, 3.8) is 0 Å². The lowest BCUT2D eigenvalue weighted by molar-refractivity contribution is -0.222. The number of aliphatic hydroxyl groups is 3. The van der Waals surface area contributed by atoms with Crippen LogP contribution < -0.4 is 4.74 Å². The number of ether oxygens (including phenoxy) is 2. The fourth-order valence-electron chi connectivity index (χ4n) is 1.99. The molecule has 6 heteroatoms. The summed E-state index contributed by atoms with van der Waals surface area (Å²) in [5.41, 5.74) is 0. The monoisotopic (exact) mass is 300 g/mol. The largest absolute Gasteiger partial charge is 0.508 e. The number of phenolic OH excluding ortho intramolecular Hbond substituents is 1. The van der Waals surface area contributed by atoms with E-state index in [9.17, 15) is 15.3 Å². The molecule has 0 saturated carbocycles. The SMILES string of the molecule is CC.CC1OC(COc2ccc(O)cc2)C(O)C(O)C1O. The lowest BCUT2D eigenvalue weighted by atomic mass is 9.96. The molecule has 1 aromatic carbocycles. The summed E-state index contributed by atoms with van der Waals surface area (Å²) in [6, 6.07) is 6.13. The van der Waals surface area contributed by atoms with Crippen LogP contribution in [-0.4, -0.2) is 57.6 Å². The predicted octanol–water partition coefficient (Wildman–Crippen LogP) is 0.667. The summed E-state index contributed by atoms with van der Waals surface area (Å²) >= 11 is 0. The molecule has 1 saturated heterocycles. The molecule has 6 nitrogen and oxygen atoms in total. The van der Waals surface area contributed by atoms with Gasteiger partial charge in [0.05, 0.1) is 6.10 Å². The molecule has 120 valence electrons. The molecule has 1 aliphatic heterocycles. The summed E-state index contributed by atoms with van der Waals surface area (Å²) in [5.74, 6) is 0.648. The van der Waals surface area contributed by atoms with Gasteiger partial charge in [0.1, 0.15) is 42.5 Å². The average Bonchev–Trinajstić information content (AvgIpc) is 2.51. The van der Waals surface area contributed by atoms with E-state index in [2.05, 4.69) is 0 Å². The standard InChI is InChI=1S/C13H18O6.C2H6/c1-7-11(15)13(17)12(16)10(19-7)6-18-9-4-2-8(14)3-5-9;1-2/h2-5,7,10-17H,6H2,1H3;1-2H3. The smallest absolute Gasteiger partial charge is 0.120 e. The highest BCUT2D eigenvalue weighted by atomic mass is 16.6. The van der Waals surface area contributed by atoms with Crippen LogP contribution in [0.3, 0.4) is 0 Å². The summed E-state index contributed by atoms with van der Waals surface area (Å²) in [6.07, 6.45) is -4.87. The Balaban J connectivity index is 0.00000106. The van der Waals surface area contributed by atoms with Crippen LogP contribution in [0.15, 0.2) is 24.3 Å². The number of aliphatic hydroxyl groups excluding tert-OH is 3. The normalized spacial score (nSPS) is 32.0. The first-order chi connectivity index (χ1) is 9.99. The van der Waals surface area contributed by atoms with Crippen molar-refractivity contribution < 1.29 is 29.9 Å². The highest BCUT2D eigenvalue weighted by Gasteiger charge is 2.41. The van der Waals surface area contributed by atoms with Gasteiger partial charge in [0.15, 0.2) is 0 Å². The topological polar surface area (TPSA) is 99.4 Å². The number of hydrogen-bond donors (Lipinski definition) is 4. The Morgan fingerprint density at radius 2 is 1.57 bits per heavy atom. The van der Waals surface area contributed by atoms with Gasteiger partial charge in [0, 0.05) is 0 Å². The maximum absolute atomic E-state index is 9.79. The molecule has 5 unspecified atom stereocenters. The Morgan fingerprint density at radius 1 is 1.00 bits per heavy atom. The molecule has 0 spiro atoms. The third-order valence-corrected chi connectivity index (χ3v) is 3.20. The molecule has 0 bridgehead atoms. The quantitative estimate of drug-likeness (QED) is 0.655. The molecule has 1 aliphatic rings. The van der Waals surface area contributed by atoms with Crippen molar-refractivity contribution in [1.29, 1.82) is 0 Å². The van der Waals surface area contributed by atoms with Gasteiger partial charge in [0.25, 0.3) is 0 Å². The van der Waals surface area contributed by atoms with Gasteiger partial charge in [-0.15, -0.1) is 0 Å². The first kappa shape index (κ1) is 17.7. The van der Waals surface area contributed by atoms with Crippen molar-refractivity contribution in [3.8, 4) is 11.5 Å². The van der Waals surface area contributed by atoms with E-state index in [0.29, 0.717) is 5.75 Å². The molecule has 0 radical (unpaired) electrons. The first-order valence-corrected chi connectivity index (χ1v) is 7.10. The Hall–Kier alpha value is -1.34. The van der Waals surface area contributed by atoms with Gasteiger partial charge in [-0.1, -0.05) is 13.8 Å². The van der Waals surface area contributed by atoms with E-state index in [-0.39, 0.29) is 12.4 Å². The lowest BCUT2D eigenvalue weighted by Gasteiger charge is -2.39. The summed E-state index contributed by atoms with van der Waals surface area (Å²) in [5, 5.41) is 38.1. The van der Waals surface area contributed by atoms with Gasteiger partial charge in [-0.05, 0) is 31.2 Å². The highest BCUT2D eigenvalue weighted by Crippen LogP contribution is 2.22. The molecule has 21 heavy (non-hydrogen) atoms. The minimum absolute atomic E-state index is 0.0417. The number of hydrogen-bond acceptors (Lipinski definition) is 6. The number of aromatic hydroxyl groups is 1. The molecule has 4 N–H and O–H groups in total. The average molecular weight is 300 g/mol. The fourth-order valence-corrected chi connectivity index (χ4v) is 1.99. The molecule has 0 aliphatic carbocycles. The van der Waals surface area contributed by atoms with Crippen LogP contribution in [-0.2, 0) is 4.74 Å². The van der Waals surface area contributed by atoms with Crippen LogP contribution in [0.25, 0.3) is 0 Å². The Kier molecular flexibility index (Phi) is 6.91. The summed E-state index contributed by atoms with van der Waals surface area (Å²) in [4.78, 5) is 0. The minimum Gasteiger partial charge on any atom is -0.508 e. The third-order valence-electron chi connectivity index (χ3n) is 3.20. The number of rotatable bonds is 3. The summed E-state index contributed by atoms with van der Waals surface area (Å²) in [6.45, 7) is 5.66. The van der Waals surface area contributed by atoms with Crippen LogP contribution in [0, 0.1) is 0 Å². The molecular formula is C15H24O6. The number of phenols is 1. The maximum atomic E-state index is 9.79. The maximum Gasteiger partial charge on any atom is 0.120 e. The van der Waals surface area contributed by atoms with E-state index in [1.807, 2.05) is 13.8 Å². The van der Waals surface area contributed by atoms with Gasteiger partial charge in [-0.3, -0.25) is 0 Å². The van der Waals surface area contributed by atoms with Crippen LogP contribution >= 0.6 is 0 Å². The van der Waals surface area contributed by atoms with Crippen molar-refractivity contribution in [1.82, 2.24) is 0 Å². The Bertz CT molecular complexity index is 407. The Morgan fingerprint density at radius 3 is 2.14 bits per heavy atom. The van der Waals surface area contributed by atoms with E-state index in [1.54, 1.807) is 19.1 Å². The van der Waals surface area contributed by atoms with Gasteiger partial charge < -0.3 is 29.9 Å². The second kappa shape index (κ2) is 8.19. The molecule has 1 heterocycles. The number of benzene rings is 1. The van der Waals surface area contributed by atoms with Gasteiger partial charge in [-0.2, -0.15) is 0 Å². The summed E-state index contributed by atoms with van der Waals surface area (Å²) in [7, 11) is 0. The molecule has 0 aromatic heterocycles. The zero-order chi connectivity index (χ0) is 16.0. The van der Waals surface area contributed by atoms with Crippen molar-refractivity contribution >= 4 is 0 Å². The van der Waals surface area contributed by atoms with Crippen molar-refractivity contribution in [3.05, 3.63) is 24.3 Å². The van der Waals surface area contributed by atoms with Crippen molar-refractivity contribution in [2.75, 3.05) is 6.61 Å². The fraction of sp³-hybridized carbons (Fsp3) is 0.600. The van der Waals surface area contributed by atoms with Crippen molar-refractivity contribution in [2.24, 2.45) is 0 Å². The zero-order valence-corrected chi connectivity index (χ0v) is 12.5. The molecular weight excluding hydrogens is 276 g/mol.